The van der Waals surface area contributed by atoms with Gasteiger partial charge in [0.25, 0.3) is 5.91 Å². The van der Waals surface area contributed by atoms with Crippen molar-refractivity contribution in [1.82, 2.24) is 24.8 Å². The smallest absolute Gasteiger partial charge is 0.257 e. The summed E-state index contributed by atoms with van der Waals surface area (Å²) in [5.41, 5.74) is 0.863. The van der Waals surface area contributed by atoms with Gasteiger partial charge in [-0.15, -0.1) is 0 Å². The molecule has 0 saturated carbocycles. The SMILES string of the molecule is Cc1cc(N(C)C)nc([C@@]2(C)CCCN2C(=O)c2cncnc2)n1. The van der Waals surface area contributed by atoms with Gasteiger partial charge in [0.15, 0.2) is 5.82 Å². The number of anilines is 1. The zero-order valence-electron chi connectivity index (χ0n) is 14.5. The van der Waals surface area contributed by atoms with E-state index in [0.717, 1.165) is 24.4 Å². The lowest BCUT2D eigenvalue weighted by Gasteiger charge is -2.34. The second-order valence-electron chi connectivity index (χ2n) is 6.55. The number of nitrogens with zero attached hydrogens (tertiary/aromatic N) is 6. The van der Waals surface area contributed by atoms with Crippen molar-refractivity contribution in [2.45, 2.75) is 32.2 Å². The van der Waals surface area contributed by atoms with Crippen molar-refractivity contribution in [3.63, 3.8) is 0 Å². The average Bonchev–Trinajstić information content (AvgIpc) is 2.97. The summed E-state index contributed by atoms with van der Waals surface area (Å²) in [5, 5.41) is 0. The van der Waals surface area contributed by atoms with E-state index in [4.69, 9.17) is 4.98 Å². The summed E-state index contributed by atoms with van der Waals surface area (Å²) < 4.78 is 0. The van der Waals surface area contributed by atoms with E-state index < -0.39 is 5.54 Å². The van der Waals surface area contributed by atoms with Gasteiger partial charge in [0, 0.05) is 44.8 Å². The summed E-state index contributed by atoms with van der Waals surface area (Å²) in [7, 11) is 3.90. The van der Waals surface area contributed by atoms with Crippen LogP contribution in [0.1, 0.15) is 41.6 Å². The van der Waals surface area contributed by atoms with Gasteiger partial charge in [0.1, 0.15) is 17.7 Å². The lowest BCUT2D eigenvalue weighted by Crippen LogP contribution is -2.44. The van der Waals surface area contributed by atoms with Crippen LogP contribution in [0, 0.1) is 6.92 Å². The highest BCUT2D eigenvalue weighted by atomic mass is 16.2. The van der Waals surface area contributed by atoms with Crippen LogP contribution in [0.5, 0.6) is 0 Å². The molecule has 1 atom stereocenters. The summed E-state index contributed by atoms with van der Waals surface area (Å²) in [6, 6.07) is 1.94. The van der Waals surface area contributed by atoms with E-state index in [2.05, 4.69) is 15.0 Å². The largest absolute Gasteiger partial charge is 0.363 e. The Morgan fingerprint density at radius 3 is 2.62 bits per heavy atom. The zero-order valence-corrected chi connectivity index (χ0v) is 14.5. The maximum absolute atomic E-state index is 12.9. The molecule has 2 aromatic heterocycles. The molecule has 0 aliphatic carbocycles. The lowest BCUT2D eigenvalue weighted by molar-refractivity contribution is 0.0603. The van der Waals surface area contributed by atoms with E-state index in [1.165, 1.54) is 6.33 Å². The van der Waals surface area contributed by atoms with Gasteiger partial charge >= 0.3 is 0 Å². The average molecular weight is 326 g/mol. The number of carbonyl (C=O) groups is 1. The molecular weight excluding hydrogens is 304 g/mol. The highest BCUT2D eigenvalue weighted by Crippen LogP contribution is 2.38. The van der Waals surface area contributed by atoms with Crippen molar-refractivity contribution in [3.8, 4) is 0 Å². The number of aromatic nitrogens is 4. The second-order valence-corrected chi connectivity index (χ2v) is 6.55. The van der Waals surface area contributed by atoms with Gasteiger partial charge in [-0.05, 0) is 26.7 Å². The van der Waals surface area contributed by atoms with Crippen LogP contribution >= 0.6 is 0 Å². The first kappa shape index (κ1) is 16.3. The van der Waals surface area contributed by atoms with Gasteiger partial charge in [0.2, 0.25) is 0 Å². The zero-order chi connectivity index (χ0) is 17.3. The highest BCUT2D eigenvalue weighted by molar-refractivity contribution is 5.94. The number of carbonyl (C=O) groups excluding carboxylic acids is 1. The van der Waals surface area contributed by atoms with Gasteiger partial charge in [-0.3, -0.25) is 4.79 Å². The molecule has 0 N–H and O–H groups in total. The minimum Gasteiger partial charge on any atom is -0.363 e. The van der Waals surface area contributed by atoms with E-state index in [-0.39, 0.29) is 5.91 Å². The van der Waals surface area contributed by atoms with Crippen LogP contribution in [0.4, 0.5) is 5.82 Å². The second kappa shape index (κ2) is 6.14. The molecule has 0 spiro atoms. The van der Waals surface area contributed by atoms with E-state index in [0.29, 0.717) is 17.9 Å². The van der Waals surface area contributed by atoms with Crippen LogP contribution in [0.2, 0.25) is 0 Å². The fourth-order valence-electron chi connectivity index (χ4n) is 3.11. The number of amides is 1. The van der Waals surface area contributed by atoms with Gasteiger partial charge in [0.05, 0.1) is 5.56 Å². The summed E-state index contributed by atoms with van der Waals surface area (Å²) in [6.45, 7) is 4.67. The first-order chi connectivity index (χ1) is 11.4. The Balaban J connectivity index is 2.01. The quantitative estimate of drug-likeness (QED) is 0.856. The maximum Gasteiger partial charge on any atom is 0.257 e. The van der Waals surface area contributed by atoms with Crippen LogP contribution in [-0.4, -0.2) is 51.4 Å². The Labute approximate surface area is 141 Å². The Morgan fingerprint density at radius 1 is 1.25 bits per heavy atom. The predicted octanol–water partition coefficient (Wildman–Crippen LogP) is 1.79. The summed E-state index contributed by atoms with van der Waals surface area (Å²) >= 11 is 0. The van der Waals surface area contributed by atoms with E-state index in [1.807, 2.05) is 43.8 Å². The molecule has 2 aromatic rings. The first-order valence-electron chi connectivity index (χ1n) is 8.02. The van der Waals surface area contributed by atoms with E-state index in [9.17, 15) is 4.79 Å². The molecule has 0 aromatic carbocycles. The first-order valence-corrected chi connectivity index (χ1v) is 8.02. The Morgan fingerprint density at radius 2 is 1.96 bits per heavy atom. The van der Waals surface area contributed by atoms with Crippen LogP contribution in [-0.2, 0) is 5.54 Å². The Hall–Kier alpha value is -2.57. The molecular formula is C17H22N6O. The normalized spacial score (nSPS) is 20.2. The van der Waals surface area contributed by atoms with Crippen LogP contribution in [0.15, 0.2) is 24.8 Å². The van der Waals surface area contributed by atoms with Crippen molar-refractivity contribution < 1.29 is 4.79 Å². The minimum atomic E-state index is -0.524. The third-order valence-electron chi connectivity index (χ3n) is 4.47. The molecule has 1 amide bonds. The van der Waals surface area contributed by atoms with Gasteiger partial charge in [-0.1, -0.05) is 0 Å². The molecule has 0 unspecified atom stereocenters. The molecule has 1 fully saturated rings. The molecule has 1 aliphatic rings. The number of likely N-dealkylation sites (tertiary alicyclic amines) is 1. The number of rotatable bonds is 3. The molecule has 24 heavy (non-hydrogen) atoms. The van der Waals surface area contributed by atoms with Gasteiger partial charge < -0.3 is 9.80 Å². The molecule has 1 aliphatic heterocycles. The minimum absolute atomic E-state index is 0.0768. The fourth-order valence-corrected chi connectivity index (χ4v) is 3.11. The molecule has 126 valence electrons. The topological polar surface area (TPSA) is 75.1 Å². The number of aryl methyl sites for hydroxylation is 1. The Kier molecular flexibility index (Phi) is 4.17. The van der Waals surface area contributed by atoms with Crippen molar-refractivity contribution in [2.75, 3.05) is 25.5 Å². The number of hydrogen-bond donors (Lipinski definition) is 0. The number of hydrogen-bond acceptors (Lipinski definition) is 6. The molecule has 7 heteroatoms. The fraction of sp³-hybridized carbons (Fsp3) is 0.471. The van der Waals surface area contributed by atoms with Crippen LogP contribution < -0.4 is 4.90 Å². The maximum atomic E-state index is 12.9. The summed E-state index contributed by atoms with van der Waals surface area (Å²) in [5.74, 6) is 1.46. The van der Waals surface area contributed by atoms with Gasteiger partial charge in [-0.2, -0.15) is 0 Å². The van der Waals surface area contributed by atoms with Gasteiger partial charge in [-0.25, -0.2) is 19.9 Å². The summed E-state index contributed by atoms with van der Waals surface area (Å²) in [6.07, 6.45) is 6.28. The van der Waals surface area contributed by atoms with Crippen molar-refractivity contribution in [3.05, 3.63) is 41.9 Å². The van der Waals surface area contributed by atoms with Crippen LogP contribution in [0.25, 0.3) is 0 Å². The monoisotopic (exact) mass is 326 g/mol. The van der Waals surface area contributed by atoms with Crippen molar-refractivity contribution in [2.24, 2.45) is 0 Å². The molecule has 3 rings (SSSR count). The molecule has 0 bridgehead atoms. The van der Waals surface area contributed by atoms with Crippen LogP contribution in [0.3, 0.4) is 0 Å². The third kappa shape index (κ3) is 2.81. The summed E-state index contributed by atoms with van der Waals surface area (Å²) in [4.78, 5) is 34.0. The Bertz CT molecular complexity index is 748. The highest BCUT2D eigenvalue weighted by Gasteiger charge is 2.44. The van der Waals surface area contributed by atoms with E-state index in [1.54, 1.807) is 12.4 Å². The van der Waals surface area contributed by atoms with Crippen molar-refractivity contribution in [1.29, 1.82) is 0 Å². The van der Waals surface area contributed by atoms with E-state index >= 15 is 0 Å². The third-order valence-corrected chi connectivity index (χ3v) is 4.47. The molecule has 1 saturated heterocycles. The molecule has 0 radical (unpaired) electrons. The molecule has 3 heterocycles. The standard InChI is InChI=1S/C17H22N6O/c1-12-8-14(22(3)4)21-16(20-12)17(2)6-5-7-23(17)15(24)13-9-18-11-19-10-13/h8-11H,5-7H2,1-4H3/t17-/m1/s1. The lowest BCUT2D eigenvalue weighted by atomic mass is 9.97. The predicted molar refractivity (Wildman–Crippen MR) is 90.8 cm³/mol. The molecule has 7 nitrogen and oxygen atoms in total. The van der Waals surface area contributed by atoms with Crippen molar-refractivity contribution >= 4 is 11.7 Å².